The Morgan fingerprint density at radius 3 is 2.65 bits per heavy atom. The molecule has 2 N–H and O–H groups in total. The SMILES string of the molecule is COCCNCCNC(=O)c1nn(-c2ccccc2)cc1OC. The lowest BCUT2D eigenvalue weighted by atomic mass is 10.3. The second-order valence-corrected chi connectivity index (χ2v) is 4.82. The molecule has 0 bridgehead atoms. The number of hydrogen-bond donors (Lipinski definition) is 2. The summed E-state index contributed by atoms with van der Waals surface area (Å²) in [6.45, 7) is 2.56. The van der Waals surface area contributed by atoms with Crippen LogP contribution in [0.5, 0.6) is 5.75 Å². The standard InChI is InChI=1S/C16H22N4O3/c1-22-11-10-17-8-9-18-16(21)15-14(23-2)12-20(19-15)13-6-4-3-5-7-13/h3-7,12,17H,8-11H2,1-2H3,(H,18,21). The average Bonchev–Trinajstić information content (AvgIpc) is 3.03. The summed E-state index contributed by atoms with van der Waals surface area (Å²) in [7, 11) is 3.17. The van der Waals surface area contributed by atoms with Crippen molar-refractivity contribution in [1.82, 2.24) is 20.4 Å². The summed E-state index contributed by atoms with van der Waals surface area (Å²) in [5.41, 5.74) is 1.14. The molecule has 0 saturated carbocycles. The van der Waals surface area contributed by atoms with E-state index in [1.807, 2.05) is 30.3 Å². The number of nitrogens with one attached hydrogen (secondary N) is 2. The quantitative estimate of drug-likeness (QED) is 0.670. The van der Waals surface area contributed by atoms with Gasteiger partial charge >= 0.3 is 0 Å². The Hall–Kier alpha value is -2.38. The molecule has 0 fully saturated rings. The largest absolute Gasteiger partial charge is 0.493 e. The van der Waals surface area contributed by atoms with Gasteiger partial charge in [-0.25, -0.2) is 4.68 Å². The lowest BCUT2D eigenvalue weighted by Crippen LogP contribution is -2.33. The fourth-order valence-electron chi connectivity index (χ4n) is 2.03. The summed E-state index contributed by atoms with van der Waals surface area (Å²) in [5.74, 6) is 0.184. The average molecular weight is 318 g/mol. The van der Waals surface area contributed by atoms with Gasteiger partial charge in [0.25, 0.3) is 5.91 Å². The number of rotatable bonds is 9. The van der Waals surface area contributed by atoms with Gasteiger partial charge in [0.05, 0.1) is 25.6 Å². The molecule has 2 aromatic rings. The first-order chi connectivity index (χ1) is 11.3. The smallest absolute Gasteiger partial charge is 0.275 e. The van der Waals surface area contributed by atoms with Gasteiger partial charge in [-0.05, 0) is 12.1 Å². The fraction of sp³-hybridized carbons (Fsp3) is 0.375. The number of amides is 1. The highest BCUT2D eigenvalue weighted by atomic mass is 16.5. The maximum Gasteiger partial charge on any atom is 0.275 e. The van der Waals surface area contributed by atoms with E-state index in [1.54, 1.807) is 18.0 Å². The molecular formula is C16H22N4O3. The van der Waals surface area contributed by atoms with Crippen LogP contribution in [0.2, 0.25) is 0 Å². The van der Waals surface area contributed by atoms with Gasteiger partial charge in [-0.15, -0.1) is 0 Å². The van der Waals surface area contributed by atoms with Crippen LogP contribution in [0.3, 0.4) is 0 Å². The van der Waals surface area contributed by atoms with Gasteiger partial charge in [-0.3, -0.25) is 4.79 Å². The normalized spacial score (nSPS) is 10.5. The van der Waals surface area contributed by atoms with Gasteiger partial charge in [0.1, 0.15) is 0 Å². The van der Waals surface area contributed by atoms with Crippen LogP contribution in [-0.2, 0) is 4.74 Å². The summed E-state index contributed by atoms with van der Waals surface area (Å²) < 4.78 is 11.8. The third-order valence-electron chi connectivity index (χ3n) is 3.21. The summed E-state index contributed by atoms with van der Waals surface area (Å²) in [6, 6.07) is 9.57. The molecule has 0 aliphatic rings. The Kier molecular flexibility index (Phi) is 6.58. The zero-order chi connectivity index (χ0) is 16.5. The molecule has 0 aliphatic carbocycles. The first-order valence-electron chi connectivity index (χ1n) is 7.43. The molecular weight excluding hydrogens is 296 g/mol. The number of carbonyl (C=O) groups excluding carboxylic acids is 1. The van der Waals surface area contributed by atoms with E-state index in [4.69, 9.17) is 9.47 Å². The number of carbonyl (C=O) groups is 1. The fourth-order valence-corrected chi connectivity index (χ4v) is 2.03. The number of nitrogens with zero attached hydrogens (tertiary/aromatic N) is 2. The third-order valence-corrected chi connectivity index (χ3v) is 3.21. The Morgan fingerprint density at radius 2 is 1.96 bits per heavy atom. The number of benzene rings is 1. The topological polar surface area (TPSA) is 77.4 Å². The number of methoxy groups -OCH3 is 2. The minimum atomic E-state index is -0.259. The van der Waals surface area contributed by atoms with E-state index in [1.165, 1.54) is 7.11 Å². The van der Waals surface area contributed by atoms with Crippen molar-refractivity contribution in [1.29, 1.82) is 0 Å². The van der Waals surface area contributed by atoms with Crippen LogP contribution >= 0.6 is 0 Å². The third kappa shape index (κ3) is 4.80. The molecule has 2 rings (SSSR count). The second-order valence-electron chi connectivity index (χ2n) is 4.82. The van der Waals surface area contributed by atoms with E-state index in [0.717, 1.165) is 12.2 Å². The predicted octanol–water partition coefficient (Wildman–Crippen LogP) is 0.847. The van der Waals surface area contributed by atoms with Crippen LogP contribution in [0.4, 0.5) is 0 Å². The van der Waals surface area contributed by atoms with E-state index in [2.05, 4.69) is 15.7 Å². The van der Waals surface area contributed by atoms with E-state index in [-0.39, 0.29) is 11.6 Å². The van der Waals surface area contributed by atoms with Crippen LogP contribution < -0.4 is 15.4 Å². The van der Waals surface area contributed by atoms with Crippen LogP contribution in [0.25, 0.3) is 5.69 Å². The molecule has 7 nitrogen and oxygen atoms in total. The number of hydrogen-bond acceptors (Lipinski definition) is 5. The first-order valence-corrected chi connectivity index (χ1v) is 7.43. The van der Waals surface area contributed by atoms with Crippen molar-refractivity contribution in [2.45, 2.75) is 0 Å². The number of aromatic nitrogens is 2. The molecule has 0 radical (unpaired) electrons. The van der Waals surface area contributed by atoms with Gasteiger partial charge in [0.15, 0.2) is 11.4 Å². The Morgan fingerprint density at radius 1 is 1.17 bits per heavy atom. The molecule has 1 heterocycles. The van der Waals surface area contributed by atoms with Crippen LogP contribution in [0.15, 0.2) is 36.5 Å². The highest BCUT2D eigenvalue weighted by Gasteiger charge is 2.17. The molecule has 1 aromatic heterocycles. The van der Waals surface area contributed by atoms with E-state index < -0.39 is 0 Å². The molecule has 0 unspecified atom stereocenters. The Labute approximate surface area is 135 Å². The number of para-hydroxylation sites is 1. The van der Waals surface area contributed by atoms with Crippen molar-refractivity contribution < 1.29 is 14.3 Å². The van der Waals surface area contributed by atoms with Gasteiger partial charge in [0.2, 0.25) is 0 Å². The zero-order valence-corrected chi connectivity index (χ0v) is 13.4. The van der Waals surface area contributed by atoms with Crippen LogP contribution in [0, 0.1) is 0 Å². The molecule has 1 amide bonds. The lowest BCUT2D eigenvalue weighted by molar-refractivity contribution is 0.0945. The van der Waals surface area contributed by atoms with Crippen molar-refractivity contribution >= 4 is 5.91 Å². The molecule has 7 heteroatoms. The monoisotopic (exact) mass is 318 g/mol. The van der Waals surface area contributed by atoms with E-state index in [9.17, 15) is 4.79 Å². The molecule has 124 valence electrons. The van der Waals surface area contributed by atoms with E-state index >= 15 is 0 Å². The van der Waals surface area contributed by atoms with Gasteiger partial charge in [-0.1, -0.05) is 18.2 Å². The number of ether oxygens (including phenoxy) is 2. The van der Waals surface area contributed by atoms with Gasteiger partial charge in [0, 0.05) is 26.7 Å². The van der Waals surface area contributed by atoms with Crippen molar-refractivity contribution in [3.63, 3.8) is 0 Å². The molecule has 0 atom stereocenters. The molecule has 0 saturated heterocycles. The van der Waals surface area contributed by atoms with Crippen molar-refractivity contribution in [2.75, 3.05) is 40.5 Å². The van der Waals surface area contributed by atoms with Crippen molar-refractivity contribution in [2.24, 2.45) is 0 Å². The predicted molar refractivity (Wildman–Crippen MR) is 87.2 cm³/mol. The minimum absolute atomic E-state index is 0.259. The van der Waals surface area contributed by atoms with Crippen LogP contribution in [-0.4, -0.2) is 56.1 Å². The van der Waals surface area contributed by atoms with Crippen molar-refractivity contribution in [3.8, 4) is 11.4 Å². The van der Waals surface area contributed by atoms with Gasteiger partial charge in [-0.2, -0.15) is 5.10 Å². The minimum Gasteiger partial charge on any atom is -0.493 e. The first kappa shape index (κ1) is 17.0. The summed E-state index contributed by atoms with van der Waals surface area (Å²) in [4.78, 5) is 12.2. The Balaban J connectivity index is 1.96. The highest BCUT2D eigenvalue weighted by Crippen LogP contribution is 2.19. The lowest BCUT2D eigenvalue weighted by Gasteiger charge is -2.06. The summed E-state index contributed by atoms with van der Waals surface area (Å²) in [6.07, 6.45) is 1.70. The highest BCUT2D eigenvalue weighted by molar-refractivity contribution is 5.94. The maximum absolute atomic E-state index is 12.2. The molecule has 1 aromatic carbocycles. The molecule has 23 heavy (non-hydrogen) atoms. The summed E-state index contributed by atoms with van der Waals surface area (Å²) >= 11 is 0. The molecule has 0 spiro atoms. The van der Waals surface area contributed by atoms with Gasteiger partial charge < -0.3 is 20.1 Å². The maximum atomic E-state index is 12.2. The Bertz CT molecular complexity index is 613. The van der Waals surface area contributed by atoms with Crippen LogP contribution in [0.1, 0.15) is 10.5 Å². The van der Waals surface area contributed by atoms with Crippen molar-refractivity contribution in [3.05, 3.63) is 42.2 Å². The molecule has 0 aliphatic heterocycles. The summed E-state index contributed by atoms with van der Waals surface area (Å²) in [5, 5.41) is 10.3. The second kappa shape index (κ2) is 8.92. The zero-order valence-electron chi connectivity index (χ0n) is 13.4. The van der Waals surface area contributed by atoms with E-state index in [0.29, 0.717) is 25.4 Å².